The van der Waals surface area contributed by atoms with E-state index >= 15 is 0 Å². The monoisotopic (exact) mass is 235 g/mol. The second kappa shape index (κ2) is 5.25. The Labute approximate surface area is 100 Å². The number of pyridine rings is 1. The summed E-state index contributed by atoms with van der Waals surface area (Å²) in [6.07, 6.45) is 2.65. The highest BCUT2D eigenvalue weighted by Gasteiger charge is 2.22. The number of aromatic nitrogens is 1. The zero-order chi connectivity index (χ0) is 12.3. The van der Waals surface area contributed by atoms with Crippen LogP contribution < -0.4 is 5.73 Å². The number of aliphatic hydroxyl groups excluding tert-OH is 1. The summed E-state index contributed by atoms with van der Waals surface area (Å²) in [5.74, 6) is -0.0690. The van der Waals surface area contributed by atoms with Crippen molar-refractivity contribution in [1.29, 1.82) is 0 Å². The minimum atomic E-state index is -0.272. The van der Waals surface area contributed by atoms with E-state index < -0.39 is 0 Å². The molecule has 0 radical (unpaired) electrons. The van der Waals surface area contributed by atoms with Gasteiger partial charge in [0.25, 0.3) is 5.91 Å². The molecular weight excluding hydrogens is 218 g/mol. The van der Waals surface area contributed by atoms with Crippen molar-refractivity contribution in [3.05, 3.63) is 29.6 Å². The first kappa shape index (κ1) is 12.0. The fraction of sp³-hybridized carbons (Fsp3) is 0.500. The molecule has 1 fully saturated rings. The molecule has 2 rings (SSSR count). The molecule has 0 spiro atoms. The summed E-state index contributed by atoms with van der Waals surface area (Å²) in [5, 5.41) is 9.38. The molecule has 5 nitrogen and oxygen atoms in total. The van der Waals surface area contributed by atoms with Crippen molar-refractivity contribution in [2.24, 2.45) is 5.73 Å². The van der Waals surface area contributed by atoms with Gasteiger partial charge in [0.05, 0.1) is 6.10 Å². The predicted molar refractivity (Wildman–Crippen MR) is 63.3 cm³/mol. The van der Waals surface area contributed by atoms with E-state index in [9.17, 15) is 9.90 Å². The van der Waals surface area contributed by atoms with Crippen molar-refractivity contribution in [2.75, 3.05) is 13.1 Å². The summed E-state index contributed by atoms with van der Waals surface area (Å²) in [6, 6.07) is 3.52. The average Bonchev–Trinajstić information content (AvgIpc) is 2.39. The molecule has 2 heterocycles. The number of nitrogens with zero attached hydrogens (tertiary/aromatic N) is 2. The Morgan fingerprint density at radius 1 is 1.47 bits per heavy atom. The number of likely N-dealkylation sites (tertiary alicyclic amines) is 1. The average molecular weight is 235 g/mol. The van der Waals surface area contributed by atoms with Crippen LogP contribution in [0.15, 0.2) is 18.3 Å². The third-order valence-corrected chi connectivity index (χ3v) is 3.03. The molecule has 0 aromatic carbocycles. The van der Waals surface area contributed by atoms with Crippen LogP contribution in [0.5, 0.6) is 0 Å². The second-order valence-electron chi connectivity index (χ2n) is 4.28. The van der Waals surface area contributed by atoms with Crippen molar-refractivity contribution in [2.45, 2.75) is 25.5 Å². The van der Waals surface area contributed by atoms with E-state index in [-0.39, 0.29) is 12.0 Å². The van der Waals surface area contributed by atoms with Gasteiger partial charge in [-0.25, -0.2) is 0 Å². The van der Waals surface area contributed by atoms with Gasteiger partial charge in [-0.05, 0) is 24.5 Å². The van der Waals surface area contributed by atoms with E-state index in [1.165, 1.54) is 0 Å². The summed E-state index contributed by atoms with van der Waals surface area (Å²) in [4.78, 5) is 17.9. The summed E-state index contributed by atoms with van der Waals surface area (Å²) >= 11 is 0. The molecule has 1 aromatic heterocycles. The fourth-order valence-corrected chi connectivity index (χ4v) is 1.90. The van der Waals surface area contributed by atoms with Gasteiger partial charge in [-0.1, -0.05) is 6.07 Å². The molecule has 1 amide bonds. The molecule has 3 N–H and O–H groups in total. The Hall–Kier alpha value is -1.46. The van der Waals surface area contributed by atoms with E-state index in [4.69, 9.17) is 5.73 Å². The Morgan fingerprint density at radius 3 is 2.71 bits per heavy atom. The number of nitrogens with two attached hydrogens (primary N) is 1. The molecule has 0 aliphatic carbocycles. The lowest BCUT2D eigenvalue weighted by Crippen LogP contribution is -2.40. The lowest BCUT2D eigenvalue weighted by molar-refractivity contribution is 0.0541. The summed E-state index contributed by atoms with van der Waals surface area (Å²) in [5.41, 5.74) is 6.83. The Balaban J connectivity index is 2.03. The number of piperidine rings is 1. The minimum absolute atomic E-state index is 0.0690. The second-order valence-corrected chi connectivity index (χ2v) is 4.28. The van der Waals surface area contributed by atoms with Gasteiger partial charge in [0, 0.05) is 25.8 Å². The largest absolute Gasteiger partial charge is 0.393 e. The van der Waals surface area contributed by atoms with Crippen molar-refractivity contribution in [1.82, 2.24) is 9.88 Å². The maximum Gasteiger partial charge on any atom is 0.272 e. The van der Waals surface area contributed by atoms with Crippen molar-refractivity contribution >= 4 is 5.91 Å². The molecule has 0 unspecified atom stereocenters. The maximum absolute atomic E-state index is 12.1. The number of hydrogen-bond acceptors (Lipinski definition) is 4. The summed E-state index contributed by atoms with van der Waals surface area (Å²) in [7, 11) is 0. The third kappa shape index (κ3) is 2.81. The number of carbonyl (C=O) groups excluding carboxylic acids is 1. The van der Waals surface area contributed by atoms with Gasteiger partial charge in [0.15, 0.2) is 0 Å². The minimum Gasteiger partial charge on any atom is -0.393 e. The molecule has 5 heteroatoms. The van der Waals surface area contributed by atoms with Crippen LogP contribution in [-0.2, 0) is 6.54 Å². The third-order valence-electron chi connectivity index (χ3n) is 3.03. The number of carbonyl (C=O) groups is 1. The zero-order valence-electron chi connectivity index (χ0n) is 9.67. The molecule has 1 aliphatic rings. The first-order chi connectivity index (χ1) is 8.20. The number of hydrogen-bond donors (Lipinski definition) is 2. The van der Waals surface area contributed by atoms with Crippen molar-refractivity contribution in [3.63, 3.8) is 0 Å². The highest BCUT2D eigenvalue weighted by molar-refractivity contribution is 5.92. The van der Waals surface area contributed by atoms with Gasteiger partial charge >= 0.3 is 0 Å². The zero-order valence-corrected chi connectivity index (χ0v) is 9.67. The molecule has 0 atom stereocenters. The van der Waals surface area contributed by atoms with E-state index in [0.29, 0.717) is 38.2 Å². The van der Waals surface area contributed by atoms with Gasteiger partial charge < -0.3 is 15.7 Å². The number of amides is 1. The normalized spacial score (nSPS) is 17.2. The van der Waals surface area contributed by atoms with E-state index in [2.05, 4.69) is 4.98 Å². The lowest BCUT2D eigenvalue weighted by Gasteiger charge is -2.29. The van der Waals surface area contributed by atoms with Crippen LogP contribution in [0.2, 0.25) is 0 Å². The molecule has 1 aliphatic heterocycles. The van der Waals surface area contributed by atoms with Crippen LogP contribution in [0, 0.1) is 0 Å². The van der Waals surface area contributed by atoms with Crippen LogP contribution in [0.1, 0.15) is 28.9 Å². The smallest absolute Gasteiger partial charge is 0.272 e. The van der Waals surface area contributed by atoms with Crippen molar-refractivity contribution in [3.8, 4) is 0 Å². The van der Waals surface area contributed by atoms with Crippen molar-refractivity contribution < 1.29 is 9.90 Å². The number of rotatable bonds is 2. The van der Waals surface area contributed by atoms with E-state index in [1.807, 2.05) is 6.07 Å². The summed E-state index contributed by atoms with van der Waals surface area (Å²) < 4.78 is 0. The Kier molecular flexibility index (Phi) is 3.71. The van der Waals surface area contributed by atoms with Gasteiger partial charge in [0.1, 0.15) is 5.69 Å². The molecule has 1 saturated heterocycles. The first-order valence-electron chi connectivity index (χ1n) is 5.83. The Bertz CT molecular complexity index is 383. The lowest BCUT2D eigenvalue weighted by atomic mass is 10.1. The molecule has 92 valence electrons. The predicted octanol–water partition coefficient (Wildman–Crippen LogP) is 0.137. The van der Waals surface area contributed by atoms with Crippen LogP contribution in [-0.4, -0.2) is 40.1 Å². The standard InChI is InChI=1S/C12H17N3O2/c13-7-9-1-2-11(14-8-9)12(17)15-5-3-10(16)4-6-15/h1-2,8,10,16H,3-7,13H2. The van der Waals surface area contributed by atoms with Gasteiger partial charge in [-0.15, -0.1) is 0 Å². The quantitative estimate of drug-likeness (QED) is 0.764. The molecule has 0 bridgehead atoms. The highest BCUT2D eigenvalue weighted by Crippen LogP contribution is 2.13. The highest BCUT2D eigenvalue weighted by atomic mass is 16.3. The molecule has 0 saturated carbocycles. The van der Waals surface area contributed by atoms with Crippen LogP contribution in [0.25, 0.3) is 0 Å². The van der Waals surface area contributed by atoms with Crippen LogP contribution in [0.3, 0.4) is 0 Å². The fourth-order valence-electron chi connectivity index (χ4n) is 1.90. The summed E-state index contributed by atoms with van der Waals surface area (Å²) in [6.45, 7) is 1.62. The van der Waals surface area contributed by atoms with Gasteiger partial charge in [-0.2, -0.15) is 0 Å². The first-order valence-corrected chi connectivity index (χ1v) is 5.83. The molecular formula is C12H17N3O2. The van der Waals surface area contributed by atoms with E-state index in [1.54, 1.807) is 17.2 Å². The van der Waals surface area contributed by atoms with Crippen LogP contribution >= 0.6 is 0 Å². The van der Waals surface area contributed by atoms with Crippen LogP contribution in [0.4, 0.5) is 0 Å². The topological polar surface area (TPSA) is 79.5 Å². The van der Waals surface area contributed by atoms with E-state index in [0.717, 1.165) is 5.56 Å². The number of aliphatic hydroxyl groups is 1. The molecule has 17 heavy (non-hydrogen) atoms. The van der Waals surface area contributed by atoms with Gasteiger partial charge in [-0.3, -0.25) is 9.78 Å². The Morgan fingerprint density at radius 2 is 2.18 bits per heavy atom. The SMILES string of the molecule is NCc1ccc(C(=O)N2CCC(O)CC2)nc1. The van der Waals surface area contributed by atoms with Gasteiger partial charge in [0.2, 0.25) is 0 Å². The molecule has 1 aromatic rings. The maximum atomic E-state index is 12.1.